The number of hydrogen-bond donors (Lipinski definition) is 1. The minimum absolute atomic E-state index is 0.143. The minimum atomic E-state index is -0.382. The van der Waals surface area contributed by atoms with E-state index in [1.165, 1.54) is 0 Å². The van der Waals surface area contributed by atoms with Crippen molar-refractivity contribution in [3.8, 4) is 28.9 Å². The van der Waals surface area contributed by atoms with E-state index in [4.69, 9.17) is 23.4 Å². The summed E-state index contributed by atoms with van der Waals surface area (Å²) in [6.45, 7) is 6.39. The zero-order chi connectivity index (χ0) is 23.3. The number of hydrogen-bond acceptors (Lipinski definition) is 6. The molecule has 0 fully saturated rings. The lowest BCUT2D eigenvalue weighted by Crippen LogP contribution is -2.23. The molecule has 3 rings (SSSR count). The van der Waals surface area contributed by atoms with E-state index >= 15 is 0 Å². The standard InChI is InChI=1S/C25H29NO6/c1-15(2)17-8-7-16(3)21(11-17)32-24-10-9-20(31-24)25(27)26-14-19-22(29-5)12-18(28-4)13-23(19)30-6/h7-13,15H,14H2,1-6H3,(H,26,27). The molecule has 1 amide bonds. The molecule has 0 radical (unpaired) electrons. The number of rotatable bonds is 9. The van der Waals surface area contributed by atoms with Crippen LogP contribution in [-0.2, 0) is 6.54 Å². The monoisotopic (exact) mass is 439 g/mol. The van der Waals surface area contributed by atoms with Gasteiger partial charge in [-0.25, -0.2) is 0 Å². The predicted molar refractivity (Wildman–Crippen MR) is 121 cm³/mol. The Kier molecular flexibility index (Phi) is 7.30. The molecular weight excluding hydrogens is 410 g/mol. The number of amides is 1. The van der Waals surface area contributed by atoms with E-state index < -0.39 is 0 Å². The quantitative estimate of drug-likeness (QED) is 0.477. The van der Waals surface area contributed by atoms with Gasteiger partial charge in [0.15, 0.2) is 5.76 Å². The van der Waals surface area contributed by atoms with Crippen molar-refractivity contribution < 1.29 is 28.2 Å². The summed E-state index contributed by atoms with van der Waals surface area (Å²) in [6.07, 6.45) is 0. The molecule has 0 atom stereocenters. The number of nitrogens with one attached hydrogen (secondary N) is 1. The van der Waals surface area contributed by atoms with Crippen molar-refractivity contribution in [2.75, 3.05) is 21.3 Å². The molecule has 1 heterocycles. The molecule has 7 nitrogen and oxygen atoms in total. The van der Waals surface area contributed by atoms with Crippen molar-refractivity contribution in [1.29, 1.82) is 0 Å². The number of benzene rings is 2. The first-order valence-electron chi connectivity index (χ1n) is 10.3. The van der Waals surface area contributed by atoms with Crippen molar-refractivity contribution in [2.24, 2.45) is 0 Å². The highest BCUT2D eigenvalue weighted by Crippen LogP contribution is 2.34. The molecule has 0 saturated carbocycles. The van der Waals surface area contributed by atoms with Crippen molar-refractivity contribution in [3.63, 3.8) is 0 Å². The average molecular weight is 440 g/mol. The number of carbonyl (C=O) groups is 1. The van der Waals surface area contributed by atoms with E-state index in [0.717, 1.165) is 11.1 Å². The number of methoxy groups -OCH3 is 3. The first-order chi connectivity index (χ1) is 15.4. The van der Waals surface area contributed by atoms with E-state index in [1.54, 1.807) is 45.6 Å². The molecule has 0 bridgehead atoms. The van der Waals surface area contributed by atoms with Gasteiger partial charge >= 0.3 is 0 Å². The number of aryl methyl sites for hydroxylation is 1. The Bertz CT molecular complexity index is 1060. The van der Waals surface area contributed by atoms with E-state index in [9.17, 15) is 4.79 Å². The van der Waals surface area contributed by atoms with Crippen LogP contribution < -0.4 is 24.3 Å². The summed E-state index contributed by atoms with van der Waals surface area (Å²) < 4.78 is 27.6. The van der Waals surface area contributed by atoms with Crippen molar-refractivity contribution >= 4 is 5.91 Å². The molecule has 1 aromatic heterocycles. The van der Waals surface area contributed by atoms with Gasteiger partial charge in [0.05, 0.1) is 33.4 Å². The lowest BCUT2D eigenvalue weighted by atomic mass is 10.0. The zero-order valence-electron chi connectivity index (χ0n) is 19.3. The van der Waals surface area contributed by atoms with Gasteiger partial charge in [0.25, 0.3) is 11.9 Å². The Morgan fingerprint density at radius 1 is 0.938 bits per heavy atom. The van der Waals surface area contributed by atoms with Crippen LogP contribution in [0.3, 0.4) is 0 Å². The van der Waals surface area contributed by atoms with Gasteiger partial charge in [-0.15, -0.1) is 0 Å². The fraction of sp³-hybridized carbons (Fsp3) is 0.320. The SMILES string of the molecule is COc1cc(OC)c(CNC(=O)c2ccc(Oc3cc(C(C)C)ccc3C)o2)c(OC)c1. The fourth-order valence-corrected chi connectivity index (χ4v) is 3.20. The highest BCUT2D eigenvalue weighted by Gasteiger charge is 2.17. The Labute approximate surface area is 188 Å². The summed E-state index contributed by atoms with van der Waals surface area (Å²) in [7, 11) is 4.66. The van der Waals surface area contributed by atoms with Gasteiger partial charge in [0, 0.05) is 18.2 Å². The van der Waals surface area contributed by atoms with Gasteiger partial charge < -0.3 is 28.7 Å². The van der Waals surface area contributed by atoms with Gasteiger partial charge in [0.1, 0.15) is 23.0 Å². The number of carbonyl (C=O) groups excluding carboxylic acids is 1. The van der Waals surface area contributed by atoms with E-state index in [2.05, 4.69) is 25.2 Å². The minimum Gasteiger partial charge on any atom is -0.496 e. The highest BCUT2D eigenvalue weighted by molar-refractivity contribution is 5.91. The van der Waals surface area contributed by atoms with Gasteiger partial charge in [-0.2, -0.15) is 0 Å². The fourth-order valence-electron chi connectivity index (χ4n) is 3.20. The van der Waals surface area contributed by atoms with Crippen LogP contribution in [0.2, 0.25) is 0 Å². The van der Waals surface area contributed by atoms with Crippen LogP contribution in [0.5, 0.6) is 28.9 Å². The van der Waals surface area contributed by atoms with Crippen LogP contribution in [0.1, 0.15) is 47.0 Å². The van der Waals surface area contributed by atoms with E-state index in [-0.39, 0.29) is 24.2 Å². The van der Waals surface area contributed by atoms with E-state index in [0.29, 0.717) is 34.5 Å². The van der Waals surface area contributed by atoms with Crippen LogP contribution in [0.25, 0.3) is 0 Å². The summed E-state index contributed by atoms with van der Waals surface area (Å²) in [5, 5.41) is 2.83. The predicted octanol–water partition coefficient (Wildman–Crippen LogP) is 5.46. The Morgan fingerprint density at radius 2 is 1.62 bits per heavy atom. The van der Waals surface area contributed by atoms with Crippen molar-refractivity contribution in [2.45, 2.75) is 33.2 Å². The Morgan fingerprint density at radius 3 is 2.22 bits per heavy atom. The second-order valence-corrected chi connectivity index (χ2v) is 7.59. The molecule has 32 heavy (non-hydrogen) atoms. The Balaban J connectivity index is 1.72. The largest absolute Gasteiger partial charge is 0.496 e. The van der Waals surface area contributed by atoms with Gasteiger partial charge in [-0.1, -0.05) is 26.0 Å². The summed E-state index contributed by atoms with van der Waals surface area (Å²) in [6, 6.07) is 12.8. The molecule has 0 aliphatic carbocycles. The molecule has 3 aromatic rings. The molecule has 0 unspecified atom stereocenters. The van der Waals surface area contributed by atoms with Crippen LogP contribution in [-0.4, -0.2) is 27.2 Å². The smallest absolute Gasteiger partial charge is 0.290 e. The third-order valence-corrected chi connectivity index (χ3v) is 5.14. The Hall–Kier alpha value is -3.61. The molecule has 170 valence electrons. The average Bonchev–Trinajstić information content (AvgIpc) is 3.26. The summed E-state index contributed by atoms with van der Waals surface area (Å²) in [5.41, 5.74) is 2.83. The van der Waals surface area contributed by atoms with E-state index in [1.807, 2.05) is 19.1 Å². The highest BCUT2D eigenvalue weighted by atomic mass is 16.6. The van der Waals surface area contributed by atoms with Crippen LogP contribution in [0, 0.1) is 6.92 Å². The second-order valence-electron chi connectivity index (χ2n) is 7.59. The molecule has 0 aliphatic rings. The van der Waals surface area contributed by atoms with Gasteiger partial charge in [-0.3, -0.25) is 4.79 Å². The molecule has 0 aliphatic heterocycles. The maximum atomic E-state index is 12.6. The first-order valence-corrected chi connectivity index (χ1v) is 10.3. The molecule has 0 spiro atoms. The summed E-state index contributed by atoms with van der Waals surface area (Å²) in [4.78, 5) is 12.6. The third kappa shape index (κ3) is 5.17. The maximum absolute atomic E-state index is 12.6. The van der Waals surface area contributed by atoms with Crippen LogP contribution >= 0.6 is 0 Å². The lowest BCUT2D eigenvalue weighted by Gasteiger charge is -2.15. The van der Waals surface area contributed by atoms with Gasteiger partial charge in [0.2, 0.25) is 0 Å². The summed E-state index contributed by atoms with van der Waals surface area (Å²) >= 11 is 0. The first kappa shape index (κ1) is 23.1. The molecule has 1 N–H and O–H groups in total. The number of furan rings is 1. The lowest BCUT2D eigenvalue weighted by molar-refractivity contribution is 0.0917. The second kappa shape index (κ2) is 10.1. The maximum Gasteiger partial charge on any atom is 0.290 e. The molecular formula is C25H29NO6. The summed E-state index contributed by atoms with van der Waals surface area (Å²) in [5.74, 6) is 2.78. The van der Waals surface area contributed by atoms with Crippen molar-refractivity contribution in [1.82, 2.24) is 5.32 Å². The van der Waals surface area contributed by atoms with Crippen LogP contribution in [0.15, 0.2) is 46.9 Å². The molecule has 2 aromatic carbocycles. The third-order valence-electron chi connectivity index (χ3n) is 5.14. The number of ether oxygens (including phenoxy) is 4. The topological polar surface area (TPSA) is 79.2 Å². The van der Waals surface area contributed by atoms with Crippen molar-refractivity contribution in [3.05, 3.63) is 64.9 Å². The normalized spacial score (nSPS) is 10.7. The van der Waals surface area contributed by atoms with Gasteiger partial charge in [-0.05, 0) is 36.1 Å². The zero-order valence-corrected chi connectivity index (χ0v) is 19.3. The molecule has 0 saturated heterocycles. The molecule has 7 heteroatoms. The van der Waals surface area contributed by atoms with Crippen LogP contribution in [0.4, 0.5) is 0 Å².